The minimum atomic E-state index is -6.55. The summed E-state index contributed by atoms with van der Waals surface area (Å²) in [5.41, 5.74) is 0. The van der Waals surface area contributed by atoms with Crippen LogP contribution in [0.25, 0.3) is 0 Å². The van der Waals surface area contributed by atoms with Crippen LogP contribution in [0.4, 0.5) is 0 Å². The van der Waals surface area contributed by atoms with Gasteiger partial charge < -0.3 is 0 Å². The van der Waals surface area contributed by atoms with Crippen molar-refractivity contribution < 1.29 is 7.01 Å². The number of hydrogen-bond donors (Lipinski definition) is 1. The van der Waals surface area contributed by atoms with Crippen LogP contribution in [0, 0.1) is 0 Å². The van der Waals surface area contributed by atoms with Gasteiger partial charge in [0.2, 0.25) is 0 Å². The van der Waals surface area contributed by atoms with Gasteiger partial charge in [-0.25, -0.2) is 0 Å². The Bertz CT molecular complexity index is 1130. The molecule has 139 valence electrons. The van der Waals surface area contributed by atoms with Gasteiger partial charge in [0.05, 0.1) is 0 Å². The monoisotopic (exact) mass is 458 g/mol. The van der Waals surface area contributed by atoms with Gasteiger partial charge in [0, 0.05) is 0 Å². The van der Waals surface area contributed by atoms with Crippen molar-refractivity contribution in [2.24, 2.45) is 0 Å². The van der Waals surface area contributed by atoms with Gasteiger partial charge in [0.1, 0.15) is 0 Å². The third-order valence-corrected chi connectivity index (χ3v) is 43.6. The molecular weight excluding hydrogens is 420 g/mol. The number of allylic oxidation sites excluding steroid dienone is 4. The van der Waals surface area contributed by atoms with E-state index in [4.69, 9.17) is 0 Å². The molecule has 0 spiro atoms. The molecule has 5 heteroatoms. The van der Waals surface area contributed by atoms with E-state index in [9.17, 15) is 0 Å². The molecular formula is C18H40Cl2NSiZr. The van der Waals surface area contributed by atoms with Gasteiger partial charge in [-0.05, 0) is 0 Å². The van der Waals surface area contributed by atoms with Crippen molar-refractivity contribution in [3.05, 3.63) is 39.8 Å². The minimum absolute atomic E-state index is 0. The number of halogens is 2. The SMILES string of the molecule is Cl.Cl.[CH3][Zr]([CH3])([CH3])([CH3])([CH3])([CH3])([CH3])([CH3])([CH3])(=[SiH2])([C]1=CC=CC1)[c]1ccc[nH]1. The number of rotatable bonds is 2. The third-order valence-electron chi connectivity index (χ3n) is 7.40. The molecule has 1 aromatic heterocycles. The van der Waals surface area contributed by atoms with Crippen molar-refractivity contribution in [3.63, 3.8) is 0 Å². The van der Waals surface area contributed by atoms with Crippen molar-refractivity contribution >= 4 is 35.1 Å². The summed E-state index contributed by atoms with van der Waals surface area (Å²) in [5.74, 6) is 0. The predicted octanol–water partition coefficient (Wildman–Crippen LogP) is 6.75. The molecule has 23 heavy (non-hydrogen) atoms. The summed E-state index contributed by atoms with van der Waals surface area (Å²) in [6.07, 6.45) is 9.88. The standard InChI is InChI=1S/C5H5.C4H4N.9CH3.2ClH.H2Si.Zr/c2*1-2-4-5-3-1;;;;;;;;;;;;;/h1-3H,4H2;1-3,5H;9*1H3;2*1H;1H2;. The molecule has 0 saturated carbocycles. The Hall–Kier alpha value is 0.440. The fraction of sp³-hybridized carbons (Fsp3) is 0.556. The summed E-state index contributed by atoms with van der Waals surface area (Å²) >= 11 is 0. The van der Waals surface area contributed by atoms with Crippen molar-refractivity contribution in [3.8, 4) is 0 Å². The van der Waals surface area contributed by atoms with Gasteiger partial charge in [0.25, 0.3) is 0 Å². The zero-order chi connectivity index (χ0) is 17.1. The van der Waals surface area contributed by atoms with Gasteiger partial charge >= 0.3 is 110 Å². The van der Waals surface area contributed by atoms with E-state index in [1.54, 1.807) is 0 Å². The third kappa shape index (κ3) is 2.75. The van der Waals surface area contributed by atoms with Crippen LogP contribution in [0.2, 0.25) is 41.7 Å². The Morgan fingerprint density at radius 1 is 0.913 bits per heavy atom. The molecule has 0 bridgehead atoms. The van der Waals surface area contributed by atoms with E-state index in [2.05, 4.69) is 90.1 Å². The molecule has 1 N–H and O–H groups in total. The quantitative estimate of drug-likeness (QED) is 0.470. The number of H-pyrrole nitrogens is 1. The molecule has 0 saturated heterocycles. The average molecular weight is 461 g/mol. The van der Waals surface area contributed by atoms with Crippen LogP contribution >= 0.6 is 24.8 Å². The van der Waals surface area contributed by atoms with Crippen LogP contribution < -0.4 is 3.40 Å². The zero-order valence-electron chi connectivity index (χ0n) is 16.7. The molecule has 0 amide bonds. The Kier molecular flexibility index (Phi) is 1.62. The first-order chi connectivity index (χ1) is 7.85. The molecule has 1 aliphatic rings. The van der Waals surface area contributed by atoms with Crippen LogP contribution in [0.3, 0.4) is 0 Å². The summed E-state index contributed by atoms with van der Waals surface area (Å²) in [7, 11) is -6.55. The summed E-state index contributed by atoms with van der Waals surface area (Å²) in [6.45, 7) is 2.22. The summed E-state index contributed by atoms with van der Waals surface area (Å²) in [4.78, 5) is 3.67. The molecule has 2 rings (SSSR count). The fourth-order valence-electron chi connectivity index (χ4n) is 4.43. The van der Waals surface area contributed by atoms with Gasteiger partial charge in [-0.15, -0.1) is 24.8 Å². The summed E-state index contributed by atoms with van der Waals surface area (Å²) < 4.78 is 25.7. The van der Waals surface area contributed by atoms with Crippen LogP contribution in [0.15, 0.2) is 39.8 Å². The topological polar surface area (TPSA) is 15.8 Å². The Balaban J connectivity index is 0.00000242. The predicted molar refractivity (Wildman–Crippen MR) is 118 cm³/mol. The normalized spacial score (nSPS) is 33.2. The molecule has 0 aliphatic heterocycles. The first-order valence-electron chi connectivity index (χ1n) is 8.56. The molecule has 1 aliphatic carbocycles. The molecule has 1 aromatic rings. The van der Waals surface area contributed by atoms with Gasteiger partial charge in [0.15, 0.2) is 0 Å². The fourth-order valence-corrected chi connectivity index (χ4v) is 26.2. The van der Waals surface area contributed by atoms with E-state index in [-0.39, 0.29) is 24.8 Å². The Morgan fingerprint density at radius 3 is 1.70 bits per heavy atom. The molecule has 0 fully saturated rings. The van der Waals surface area contributed by atoms with E-state index in [0.717, 1.165) is 6.42 Å². The van der Waals surface area contributed by atoms with Crippen LogP contribution in [0.1, 0.15) is 6.42 Å². The molecule has 0 radical (unpaired) electrons. The van der Waals surface area contributed by atoms with Crippen LogP contribution in [-0.2, 0) is 7.01 Å². The Morgan fingerprint density at radius 2 is 1.39 bits per heavy atom. The van der Waals surface area contributed by atoms with Crippen LogP contribution in [-0.4, -0.2) is 11.9 Å². The molecule has 0 atom stereocenters. The first-order valence-corrected chi connectivity index (χ1v) is 39.1. The average Bonchev–Trinajstić information content (AvgIpc) is 2.73. The second-order valence-corrected chi connectivity index (χ2v) is 202. The maximum absolute atomic E-state index is 6.55. The Labute approximate surface area is 134 Å². The van der Waals surface area contributed by atoms with E-state index >= 15 is 0 Å². The zero-order valence-corrected chi connectivity index (χ0v) is 22.2. The van der Waals surface area contributed by atoms with E-state index in [1.807, 2.05) is 0 Å². The van der Waals surface area contributed by atoms with Crippen molar-refractivity contribution in [2.75, 3.05) is 0 Å². The van der Waals surface area contributed by atoms with Crippen LogP contribution in [0.5, 0.6) is 0 Å². The van der Waals surface area contributed by atoms with E-state index < -0.39 is 7.01 Å². The van der Waals surface area contributed by atoms with Gasteiger partial charge in [-0.3, -0.25) is 0 Å². The molecule has 1 heterocycles. The van der Waals surface area contributed by atoms with E-state index in [0.29, 0.717) is 0 Å². The second-order valence-electron chi connectivity index (χ2n) is 28.6. The number of hydrogen-bond acceptors (Lipinski definition) is 0. The summed E-state index contributed by atoms with van der Waals surface area (Å²) in [5, 5.41) is 0. The van der Waals surface area contributed by atoms with Gasteiger partial charge in [-0.2, -0.15) is 0 Å². The first kappa shape index (κ1) is 23.4. The van der Waals surface area contributed by atoms with Gasteiger partial charge in [-0.1, -0.05) is 0 Å². The second kappa shape index (κ2) is 1.59. The molecule has 0 aromatic carbocycles. The summed E-state index contributed by atoms with van der Waals surface area (Å²) in [6, 6.07) is 4.41. The van der Waals surface area contributed by atoms with Crippen molar-refractivity contribution in [1.82, 2.24) is 4.98 Å². The molecule has 1 nitrogen and oxygen atoms in total. The number of aromatic nitrogens is 1. The maximum atomic E-state index is 3.67. The van der Waals surface area contributed by atoms with Crippen molar-refractivity contribution in [2.45, 2.75) is 48.1 Å². The molecule has 0 unspecified atom stereocenters. The number of aromatic amines is 1. The number of nitrogens with one attached hydrogen (secondary N) is 1. The van der Waals surface area contributed by atoms with Crippen molar-refractivity contribution in [1.29, 1.82) is 0 Å². The van der Waals surface area contributed by atoms with E-state index in [1.165, 1.54) is 6.68 Å².